The predicted molar refractivity (Wildman–Crippen MR) is 99.6 cm³/mol. The van der Waals surface area contributed by atoms with Crippen LogP contribution in [0, 0.1) is 5.92 Å². The molecule has 0 bridgehead atoms. The number of amides is 2. The molecule has 140 valence electrons. The molecule has 8 nitrogen and oxygen atoms in total. The fraction of sp³-hybridized carbons (Fsp3) is 0.278. The highest BCUT2D eigenvalue weighted by Gasteiger charge is 2.35. The second-order valence-corrected chi connectivity index (χ2v) is 6.21. The molecule has 1 aromatic heterocycles. The highest BCUT2D eigenvalue weighted by molar-refractivity contribution is 7.80. The molecule has 0 aromatic carbocycles. The first-order valence-corrected chi connectivity index (χ1v) is 8.61. The van der Waals surface area contributed by atoms with Crippen LogP contribution in [0.2, 0.25) is 0 Å². The molecular formula is C18H17N3O5S. The molecule has 0 radical (unpaired) electrons. The number of methoxy groups -OCH3 is 1. The molecule has 2 aliphatic rings. The summed E-state index contributed by atoms with van der Waals surface area (Å²) in [4.78, 5) is 41.8. The number of hydrogen-bond donors (Lipinski definition) is 1. The third-order valence-corrected chi connectivity index (χ3v) is 4.41. The maximum Gasteiger partial charge on any atom is 0.337 e. The molecule has 1 aliphatic carbocycles. The quantitative estimate of drug-likeness (QED) is 0.580. The van der Waals surface area contributed by atoms with Gasteiger partial charge in [-0.2, -0.15) is 0 Å². The van der Waals surface area contributed by atoms with E-state index < -0.39 is 11.9 Å². The Balaban J connectivity index is 1.61. The Hall–Kier alpha value is -3.07. The van der Waals surface area contributed by atoms with Gasteiger partial charge in [-0.25, -0.2) is 9.79 Å². The zero-order valence-corrected chi connectivity index (χ0v) is 15.3. The average molecular weight is 387 g/mol. The van der Waals surface area contributed by atoms with E-state index >= 15 is 0 Å². The van der Waals surface area contributed by atoms with E-state index in [4.69, 9.17) is 16.6 Å². The largest absolute Gasteiger partial charge is 0.467 e. The van der Waals surface area contributed by atoms with E-state index in [2.05, 4.69) is 15.0 Å². The minimum atomic E-state index is -0.628. The molecule has 1 atom stereocenters. The number of thiocarbonyl (C=S) groups is 1. The van der Waals surface area contributed by atoms with Crippen molar-refractivity contribution in [1.82, 2.24) is 10.2 Å². The zero-order valence-electron chi connectivity index (χ0n) is 14.5. The van der Waals surface area contributed by atoms with Gasteiger partial charge < -0.3 is 14.5 Å². The van der Waals surface area contributed by atoms with Gasteiger partial charge in [-0.3, -0.25) is 14.5 Å². The van der Waals surface area contributed by atoms with Gasteiger partial charge in [-0.05, 0) is 30.4 Å². The number of furan rings is 1. The van der Waals surface area contributed by atoms with Crippen molar-refractivity contribution in [2.75, 3.05) is 13.7 Å². The molecule has 1 N–H and O–H groups in total. The SMILES string of the molecule is COC(=O)C1=CC2=NC(=S)N(CCC(=O)NCc3ccco3)C(=O)C2C=C1. The van der Waals surface area contributed by atoms with Gasteiger partial charge in [0.1, 0.15) is 5.76 Å². The van der Waals surface area contributed by atoms with E-state index in [0.29, 0.717) is 17.0 Å². The highest BCUT2D eigenvalue weighted by atomic mass is 32.1. The van der Waals surface area contributed by atoms with Gasteiger partial charge in [0.25, 0.3) is 0 Å². The molecule has 1 aromatic rings. The number of fused-ring (bicyclic) bond motifs is 1. The first-order valence-electron chi connectivity index (χ1n) is 8.21. The lowest BCUT2D eigenvalue weighted by atomic mass is 9.92. The molecule has 2 amide bonds. The number of carbonyl (C=O) groups excluding carboxylic acids is 3. The Morgan fingerprint density at radius 1 is 1.44 bits per heavy atom. The minimum Gasteiger partial charge on any atom is -0.467 e. The Labute approximate surface area is 160 Å². The zero-order chi connectivity index (χ0) is 19.4. The minimum absolute atomic E-state index is 0.0702. The number of nitrogens with one attached hydrogen (secondary N) is 1. The van der Waals surface area contributed by atoms with Crippen LogP contribution < -0.4 is 5.32 Å². The molecule has 2 heterocycles. The lowest BCUT2D eigenvalue weighted by molar-refractivity contribution is -0.136. The van der Waals surface area contributed by atoms with Gasteiger partial charge >= 0.3 is 5.97 Å². The Morgan fingerprint density at radius 2 is 2.26 bits per heavy atom. The van der Waals surface area contributed by atoms with Crippen LogP contribution >= 0.6 is 12.2 Å². The third kappa shape index (κ3) is 4.20. The van der Waals surface area contributed by atoms with Gasteiger partial charge in [-0.1, -0.05) is 12.2 Å². The first kappa shape index (κ1) is 18.7. The van der Waals surface area contributed by atoms with Crippen LogP contribution in [0.25, 0.3) is 0 Å². The summed E-state index contributed by atoms with van der Waals surface area (Å²) < 4.78 is 9.81. The van der Waals surface area contributed by atoms with Crippen LogP contribution in [0.3, 0.4) is 0 Å². The fourth-order valence-corrected chi connectivity index (χ4v) is 2.98. The molecule has 0 fully saturated rings. The van der Waals surface area contributed by atoms with Crippen LogP contribution in [0.4, 0.5) is 0 Å². The number of carbonyl (C=O) groups is 3. The number of hydrogen-bond acceptors (Lipinski definition) is 6. The van der Waals surface area contributed by atoms with Crippen molar-refractivity contribution in [1.29, 1.82) is 0 Å². The average Bonchev–Trinajstić information content (AvgIpc) is 3.18. The summed E-state index contributed by atoms with van der Waals surface area (Å²) in [7, 11) is 1.28. The summed E-state index contributed by atoms with van der Waals surface area (Å²) in [5.74, 6) is -1.01. The van der Waals surface area contributed by atoms with E-state index in [9.17, 15) is 14.4 Å². The Morgan fingerprint density at radius 3 is 2.96 bits per heavy atom. The first-order chi connectivity index (χ1) is 13.0. The predicted octanol–water partition coefficient (Wildman–Crippen LogP) is 1.14. The summed E-state index contributed by atoms with van der Waals surface area (Å²) in [5.41, 5.74) is 0.695. The molecule has 1 aliphatic heterocycles. The molecule has 0 spiro atoms. The van der Waals surface area contributed by atoms with E-state index in [-0.39, 0.29) is 36.4 Å². The van der Waals surface area contributed by atoms with Gasteiger partial charge in [0.05, 0.1) is 37.1 Å². The fourth-order valence-electron chi connectivity index (χ4n) is 2.69. The summed E-state index contributed by atoms with van der Waals surface area (Å²) >= 11 is 5.19. The number of ether oxygens (including phenoxy) is 1. The smallest absolute Gasteiger partial charge is 0.337 e. The van der Waals surface area contributed by atoms with Crippen molar-refractivity contribution in [3.63, 3.8) is 0 Å². The number of nitrogens with zero attached hydrogens (tertiary/aromatic N) is 2. The number of rotatable bonds is 6. The molecule has 1 unspecified atom stereocenters. The lowest BCUT2D eigenvalue weighted by Gasteiger charge is -2.30. The highest BCUT2D eigenvalue weighted by Crippen LogP contribution is 2.23. The van der Waals surface area contributed by atoms with Crippen LogP contribution in [-0.2, 0) is 25.7 Å². The van der Waals surface area contributed by atoms with Crippen LogP contribution in [0.1, 0.15) is 12.2 Å². The van der Waals surface area contributed by atoms with Crippen molar-refractivity contribution in [3.05, 3.63) is 48.0 Å². The van der Waals surface area contributed by atoms with E-state index in [1.807, 2.05) is 0 Å². The number of allylic oxidation sites excluding steroid dienone is 1. The van der Waals surface area contributed by atoms with Crippen molar-refractivity contribution in [2.45, 2.75) is 13.0 Å². The second kappa shape index (κ2) is 8.09. The monoisotopic (exact) mass is 387 g/mol. The standard InChI is InChI=1S/C18H17N3O5S/c1-25-17(24)11-4-5-13-14(9-11)20-18(27)21(16(13)23)7-6-15(22)19-10-12-3-2-8-26-12/h2-5,8-9,13H,6-7,10H2,1H3,(H,19,22). The van der Waals surface area contributed by atoms with Gasteiger partial charge in [0.2, 0.25) is 16.9 Å². The molecular weight excluding hydrogens is 370 g/mol. The summed E-state index contributed by atoms with van der Waals surface area (Å²) in [6.45, 7) is 0.398. The van der Waals surface area contributed by atoms with E-state index in [1.165, 1.54) is 30.4 Å². The topological polar surface area (TPSA) is 101 Å². The van der Waals surface area contributed by atoms with E-state index in [1.54, 1.807) is 18.2 Å². The Kier molecular flexibility index (Phi) is 5.60. The van der Waals surface area contributed by atoms with E-state index in [0.717, 1.165) is 0 Å². The number of esters is 1. The van der Waals surface area contributed by atoms with Gasteiger partial charge in [0.15, 0.2) is 0 Å². The normalized spacial score (nSPS) is 18.6. The third-order valence-electron chi connectivity index (χ3n) is 4.10. The van der Waals surface area contributed by atoms with Crippen molar-refractivity contribution >= 4 is 40.8 Å². The summed E-state index contributed by atoms with van der Waals surface area (Å²) in [6, 6.07) is 3.49. The van der Waals surface area contributed by atoms with Crippen molar-refractivity contribution in [3.8, 4) is 0 Å². The molecule has 3 rings (SSSR count). The lowest BCUT2D eigenvalue weighted by Crippen LogP contribution is -2.47. The molecule has 9 heteroatoms. The van der Waals surface area contributed by atoms with Gasteiger partial charge in [-0.15, -0.1) is 0 Å². The second-order valence-electron chi connectivity index (χ2n) is 5.84. The summed E-state index contributed by atoms with van der Waals surface area (Å²) in [6.07, 6.45) is 6.21. The molecule has 0 saturated heterocycles. The van der Waals surface area contributed by atoms with Gasteiger partial charge in [0, 0.05) is 13.0 Å². The number of aliphatic imine (C=N–C) groups is 1. The van der Waals surface area contributed by atoms with Crippen molar-refractivity contribution in [2.24, 2.45) is 10.9 Å². The van der Waals surface area contributed by atoms with Crippen LogP contribution in [-0.4, -0.2) is 47.2 Å². The Bertz CT molecular complexity index is 870. The molecule has 0 saturated carbocycles. The maximum absolute atomic E-state index is 12.7. The van der Waals surface area contributed by atoms with Crippen LogP contribution in [0.5, 0.6) is 0 Å². The summed E-state index contributed by atoms with van der Waals surface area (Å²) in [5, 5.41) is 2.78. The van der Waals surface area contributed by atoms with Crippen molar-refractivity contribution < 1.29 is 23.5 Å². The van der Waals surface area contributed by atoms with Crippen LogP contribution in [0.15, 0.2) is 51.6 Å². The maximum atomic E-state index is 12.7. The molecule has 27 heavy (non-hydrogen) atoms.